The van der Waals surface area contributed by atoms with Gasteiger partial charge in [-0.25, -0.2) is 28.2 Å². The number of nitrogens with zero attached hydrogens (tertiary/aromatic N) is 3. The van der Waals surface area contributed by atoms with Crippen molar-refractivity contribution in [2.45, 2.75) is 35.9 Å². The van der Waals surface area contributed by atoms with Crippen molar-refractivity contribution in [1.29, 1.82) is 0 Å². The van der Waals surface area contributed by atoms with E-state index >= 15 is 0 Å². The van der Waals surface area contributed by atoms with Gasteiger partial charge in [0.05, 0.1) is 39.2 Å². The third-order valence-corrected chi connectivity index (χ3v) is 9.02. The molecule has 1 aliphatic carbocycles. The van der Waals surface area contributed by atoms with E-state index in [4.69, 9.17) is 10.5 Å². The summed E-state index contributed by atoms with van der Waals surface area (Å²) in [5.41, 5.74) is 7.46. The lowest BCUT2D eigenvalue weighted by atomic mass is 9.77. The first kappa shape index (κ1) is 28.6. The van der Waals surface area contributed by atoms with E-state index in [0.29, 0.717) is 21.9 Å². The van der Waals surface area contributed by atoms with Crippen molar-refractivity contribution in [3.05, 3.63) is 82.1 Å². The molecule has 0 amide bonds. The Morgan fingerprint density at radius 3 is 2.61 bits per heavy atom. The van der Waals surface area contributed by atoms with Crippen LogP contribution in [0.15, 0.2) is 59.8 Å². The predicted octanol–water partition coefficient (Wildman–Crippen LogP) is 5.09. The van der Waals surface area contributed by atoms with Crippen molar-refractivity contribution in [3.63, 3.8) is 0 Å². The van der Waals surface area contributed by atoms with Gasteiger partial charge in [-0.1, -0.05) is 6.07 Å². The molecule has 1 unspecified atom stereocenters. The maximum atomic E-state index is 13.2. The molecule has 1 aliphatic rings. The molecule has 0 radical (unpaired) electrons. The standard InChI is InChI=1S/C27H24F3N5O4S2/c1-39-24(36)16-5-6-19-15(10-16)4-3-8-26(19,31)25-33-14-21(40-25)20-12-18(41(2,37)38)13-23(34-20)35-22-11-17(7-9-32-22)27(28,29)30/h5-7,9-14H,3-4,8,31H2,1-2H3,(H,32,34,35). The maximum absolute atomic E-state index is 13.2. The molecule has 3 N–H and O–H groups in total. The molecule has 9 nitrogen and oxygen atoms in total. The second kappa shape index (κ2) is 10.5. The number of thiazole rings is 1. The minimum atomic E-state index is -4.58. The third kappa shape index (κ3) is 5.80. The first-order valence-electron chi connectivity index (χ1n) is 12.3. The highest BCUT2D eigenvalue weighted by atomic mass is 32.2. The number of benzene rings is 1. The lowest BCUT2D eigenvalue weighted by Crippen LogP contribution is -2.41. The second-order valence-electron chi connectivity index (χ2n) is 9.62. The van der Waals surface area contributed by atoms with Gasteiger partial charge in [0.25, 0.3) is 0 Å². The summed E-state index contributed by atoms with van der Waals surface area (Å²) in [7, 11) is -2.40. The maximum Gasteiger partial charge on any atom is 0.416 e. The molecule has 5 rings (SSSR count). The number of sulfone groups is 1. The van der Waals surface area contributed by atoms with E-state index in [-0.39, 0.29) is 22.2 Å². The monoisotopic (exact) mass is 603 g/mol. The lowest BCUT2D eigenvalue weighted by molar-refractivity contribution is -0.137. The number of carbonyl (C=O) groups is 1. The van der Waals surface area contributed by atoms with Crippen LogP contribution in [0.25, 0.3) is 10.6 Å². The largest absolute Gasteiger partial charge is 0.465 e. The summed E-state index contributed by atoms with van der Waals surface area (Å²) in [5, 5.41) is 3.25. The predicted molar refractivity (Wildman–Crippen MR) is 147 cm³/mol. The van der Waals surface area contributed by atoms with Crippen LogP contribution in [0.2, 0.25) is 0 Å². The molecule has 3 heterocycles. The molecule has 0 spiro atoms. The van der Waals surface area contributed by atoms with Gasteiger partial charge in [-0.15, -0.1) is 11.3 Å². The molecular weight excluding hydrogens is 579 g/mol. The minimum absolute atomic E-state index is 0.00878. The van der Waals surface area contributed by atoms with Gasteiger partial charge >= 0.3 is 12.1 Å². The number of nitrogens with one attached hydrogen (secondary N) is 1. The molecule has 214 valence electrons. The van der Waals surface area contributed by atoms with E-state index < -0.39 is 33.1 Å². The summed E-state index contributed by atoms with van der Waals surface area (Å²) in [6.45, 7) is 0. The fourth-order valence-corrected chi connectivity index (χ4v) is 6.38. The smallest absolute Gasteiger partial charge is 0.416 e. The molecule has 1 aromatic carbocycles. The number of anilines is 2. The molecule has 14 heteroatoms. The number of aromatic nitrogens is 3. The van der Waals surface area contributed by atoms with Crippen molar-refractivity contribution in [3.8, 4) is 10.6 Å². The fourth-order valence-electron chi connectivity index (χ4n) is 4.71. The number of aryl methyl sites for hydroxylation is 1. The van der Waals surface area contributed by atoms with E-state index in [1.165, 1.54) is 36.8 Å². The molecule has 4 aromatic rings. The number of carbonyl (C=O) groups excluding carboxylic acids is 1. The van der Waals surface area contributed by atoms with E-state index in [9.17, 15) is 26.4 Å². The zero-order chi connectivity index (χ0) is 29.6. The first-order valence-corrected chi connectivity index (χ1v) is 15.0. The second-order valence-corrected chi connectivity index (χ2v) is 12.7. The van der Waals surface area contributed by atoms with Crippen LogP contribution < -0.4 is 11.1 Å². The zero-order valence-electron chi connectivity index (χ0n) is 21.8. The number of alkyl halides is 3. The highest BCUT2D eigenvalue weighted by molar-refractivity contribution is 7.90. The Bertz CT molecular complexity index is 1760. The van der Waals surface area contributed by atoms with Gasteiger partial charge in [-0.2, -0.15) is 13.2 Å². The Balaban J connectivity index is 1.53. The molecule has 0 aliphatic heterocycles. The topological polar surface area (TPSA) is 137 Å². The number of fused-ring (bicyclic) bond motifs is 1. The number of hydrogen-bond acceptors (Lipinski definition) is 10. The number of ether oxygens (including phenoxy) is 1. The number of rotatable bonds is 6. The Hall–Kier alpha value is -3.88. The SMILES string of the molecule is COC(=O)c1ccc2c(c1)CCCC2(N)c1ncc(-c2cc(S(C)(=O)=O)cc(Nc3cc(C(F)(F)F)ccn3)n2)s1. The average molecular weight is 604 g/mol. The van der Waals surface area contributed by atoms with Crippen LogP contribution in [0, 0.1) is 0 Å². The van der Waals surface area contributed by atoms with Crippen molar-refractivity contribution in [2.24, 2.45) is 5.73 Å². The molecule has 0 bridgehead atoms. The van der Waals surface area contributed by atoms with Gasteiger partial charge in [-0.05, 0) is 66.8 Å². The molecule has 3 aromatic heterocycles. The Kier molecular flexibility index (Phi) is 7.34. The Morgan fingerprint density at radius 2 is 1.90 bits per heavy atom. The average Bonchev–Trinajstić information content (AvgIpc) is 3.43. The van der Waals surface area contributed by atoms with Crippen LogP contribution in [0.5, 0.6) is 0 Å². The Labute approximate surface area is 237 Å². The van der Waals surface area contributed by atoms with Gasteiger partial charge in [0.1, 0.15) is 16.6 Å². The van der Waals surface area contributed by atoms with Gasteiger partial charge in [0.15, 0.2) is 9.84 Å². The van der Waals surface area contributed by atoms with Gasteiger partial charge in [-0.3, -0.25) is 0 Å². The molecule has 1 atom stereocenters. The summed E-state index contributed by atoms with van der Waals surface area (Å²) in [4.78, 5) is 25.4. The first-order chi connectivity index (χ1) is 19.3. The number of methoxy groups -OCH3 is 1. The van der Waals surface area contributed by atoms with E-state index in [0.717, 1.165) is 48.6 Å². The third-order valence-electron chi connectivity index (χ3n) is 6.73. The van der Waals surface area contributed by atoms with Crippen molar-refractivity contribution >= 4 is 38.8 Å². The zero-order valence-corrected chi connectivity index (χ0v) is 23.5. The van der Waals surface area contributed by atoms with Crippen LogP contribution in [0.4, 0.5) is 24.8 Å². The molecule has 0 saturated carbocycles. The van der Waals surface area contributed by atoms with Crippen molar-refractivity contribution in [1.82, 2.24) is 15.0 Å². The Morgan fingerprint density at radius 1 is 1.12 bits per heavy atom. The summed E-state index contributed by atoms with van der Waals surface area (Å²) in [5.74, 6) is -0.607. The summed E-state index contributed by atoms with van der Waals surface area (Å²) >= 11 is 1.23. The summed E-state index contributed by atoms with van der Waals surface area (Å²) < 4.78 is 69.3. The van der Waals surface area contributed by atoms with Gasteiger partial charge < -0.3 is 15.8 Å². The molecule has 0 saturated heterocycles. The highest BCUT2D eigenvalue weighted by Gasteiger charge is 2.38. The molecular formula is C27H24F3N5O4S2. The van der Waals surface area contributed by atoms with Crippen LogP contribution in [0.3, 0.4) is 0 Å². The fraction of sp³-hybridized carbons (Fsp3) is 0.259. The van der Waals surface area contributed by atoms with Gasteiger partial charge in [0.2, 0.25) is 0 Å². The summed E-state index contributed by atoms with van der Waals surface area (Å²) in [6.07, 6.45) is 1.05. The minimum Gasteiger partial charge on any atom is -0.465 e. The number of pyridine rings is 2. The number of halogens is 3. The van der Waals surface area contributed by atoms with E-state index in [1.54, 1.807) is 18.2 Å². The van der Waals surface area contributed by atoms with Crippen LogP contribution in [0.1, 0.15) is 44.9 Å². The normalized spacial score (nSPS) is 17.1. The molecule has 0 fully saturated rings. The number of esters is 1. The van der Waals surface area contributed by atoms with Crippen molar-refractivity contribution < 1.29 is 31.1 Å². The van der Waals surface area contributed by atoms with Crippen LogP contribution in [-0.2, 0) is 32.7 Å². The van der Waals surface area contributed by atoms with Crippen molar-refractivity contribution in [2.75, 3.05) is 18.7 Å². The van der Waals surface area contributed by atoms with Crippen LogP contribution in [-0.4, -0.2) is 42.7 Å². The van der Waals surface area contributed by atoms with E-state index in [1.807, 2.05) is 0 Å². The molecule has 41 heavy (non-hydrogen) atoms. The summed E-state index contributed by atoms with van der Waals surface area (Å²) in [6, 6.07) is 9.47. The van der Waals surface area contributed by atoms with Crippen LogP contribution >= 0.6 is 11.3 Å². The lowest BCUT2D eigenvalue weighted by Gasteiger charge is -2.34. The number of hydrogen-bond donors (Lipinski definition) is 2. The quantitative estimate of drug-likeness (QED) is 0.289. The highest BCUT2D eigenvalue weighted by Crippen LogP contribution is 2.42. The number of nitrogens with two attached hydrogens (primary N) is 1. The van der Waals surface area contributed by atoms with Gasteiger partial charge in [0, 0.05) is 18.6 Å². The van der Waals surface area contributed by atoms with E-state index in [2.05, 4.69) is 20.3 Å².